The summed E-state index contributed by atoms with van der Waals surface area (Å²) in [5.74, 6) is 0.313. The molecule has 1 N–H and O–H groups in total. The van der Waals surface area contributed by atoms with E-state index < -0.39 is 0 Å². The van der Waals surface area contributed by atoms with Gasteiger partial charge in [0.15, 0.2) is 5.82 Å². The molecule has 1 aliphatic carbocycles. The average molecular weight is 459 g/mol. The lowest BCUT2D eigenvalue weighted by atomic mass is 10.0. The molecule has 0 bridgehead atoms. The third kappa shape index (κ3) is 4.76. The molecule has 0 saturated heterocycles. The molecule has 7 heteroatoms. The molecule has 1 amide bonds. The van der Waals surface area contributed by atoms with E-state index in [4.69, 9.17) is 11.6 Å². The van der Waals surface area contributed by atoms with Crippen LogP contribution in [0.1, 0.15) is 24.4 Å². The molecular weight excluding hydrogens is 436 g/mol. The molecule has 4 aromatic rings. The third-order valence-corrected chi connectivity index (χ3v) is 5.95. The fraction of sp³-hybridized carbons (Fsp3) is 0.192. The highest BCUT2D eigenvalue weighted by Crippen LogP contribution is 2.36. The van der Waals surface area contributed by atoms with Crippen molar-refractivity contribution < 1.29 is 4.79 Å². The molecule has 5 rings (SSSR count). The Kier molecular flexibility index (Phi) is 5.84. The maximum absolute atomic E-state index is 13.0. The number of benzene rings is 3. The van der Waals surface area contributed by atoms with Crippen LogP contribution in [0, 0.1) is 0 Å². The molecule has 1 heterocycles. The Bertz CT molecular complexity index is 1340. The number of aromatic nitrogens is 3. The third-order valence-electron chi connectivity index (χ3n) is 5.70. The van der Waals surface area contributed by atoms with Crippen molar-refractivity contribution in [3.63, 3.8) is 0 Å². The Morgan fingerprint density at radius 2 is 1.67 bits per heavy atom. The van der Waals surface area contributed by atoms with Crippen LogP contribution in [0.4, 0.5) is 0 Å². The van der Waals surface area contributed by atoms with Gasteiger partial charge in [0.05, 0.1) is 0 Å². The first-order valence-corrected chi connectivity index (χ1v) is 11.3. The molecule has 1 aromatic heterocycles. The highest BCUT2D eigenvalue weighted by Gasteiger charge is 2.30. The second kappa shape index (κ2) is 9.08. The lowest BCUT2D eigenvalue weighted by Crippen LogP contribution is -2.33. The maximum atomic E-state index is 13.0. The van der Waals surface area contributed by atoms with Gasteiger partial charge < -0.3 is 5.32 Å². The van der Waals surface area contributed by atoms with Crippen LogP contribution in [0.2, 0.25) is 5.02 Å². The zero-order chi connectivity index (χ0) is 22.8. The summed E-state index contributed by atoms with van der Waals surface area (Å²) in [6.07, 6.45) is 1.88. The predicted octanol–water partition coefficient (Wildman–Crippen LogP) is 4.68. The van der Waals surface area contributed by atoms with E-state index in [1.807, 2.05) is 48.5 Å². The van der Waals surface area contributed by atoms with Crippen molar-refractivity contribution in [1.82, 2.24) is 19.7 Å². The second-order valence-corrected chi connectivity index (χ2v) is 8.65. The van der Waals surface area contributed by atoms with Crippen LogP contribution < -0.4 is 11.0 Å². The Balaban J connectivity index is 1.30. The number of halogens is 1. The second-order valence-electron chi connectivity index (χ2n) is 8.22. The van der Waals surface area contributed by atoms with Crippen molar-refractivity contribution in [2.24, 2.45) is 0 Å². The van der Waals surface area contributed by atoms with Crippen molar-refractivity contribution in [3.05, 3.63) is 99.9 Å². The summed E-state index contributed by atoms with van der Waals surface area (Å²) in [5.41, 5.74) is 3.75. The average Bonchev–Trinajstić information content (AvgIpc) is 3.63. The first kappa shape index (κ1) is 21.2. The molecule has 0 aliphatic heterocycles. The summed E-state index contributed by atoms with van der Waals surface area (Å²) >= 11 is 6.00. The number of amides is 1. The van der Waals surface area contributed by atoms with Gasteiger partial charge in [-0.3, -0.25) is 9.36 Å². The van der Waals surface area contributed by atoms with Crippen LogP contribution in [-0.2, 0) is 17.9 Å². The Morgan fingerprint density at radius 1 is 0.939 bits per heavy atom. The fourth-order valence-corrected chi connectivity index (χ4v) is 3.99. The van der Waals surface area contributed by atoms with Crippen molar-refractivity contribution in [2.75, 3.05) is 0 Å². The van der Waals surface area contributed by atoms with E-state index in [1.54, 1.807) is 16.7 Å². The van der Waals surface area contributed by atoms with Crippen LogP contribution in [0.15, 0.2) is 83.7 Å². The summed E-state index contributed by atoms with van der Waals surface area (Å²) < 4.78 is 2.94. The molecule has 0 spiro atoms. The van der Waals surface area contributed by atoms with E-state index in [0.717, 1.165) is 35.1 Å². The highest BCUT2D eigenvalue weighted by atomic mass is 35.5. The first-order chi connectivity index (χ1) is 16.1. The van der Waals surface area contributed by atoms with Crippen LogP contribution in [-0.4, -0.2) is 20.3 Å². The van der Waals surface area contributed by atoms with Gasteiger partial charge >= 0.3 is 5.69 Å². The standard InChI is InChI=1S/C26H23ClN4O2/c27-22-11-9-20(10-12-22)25-29-30(26(33)31(25)23-13-14-23)17-24(32)28-16-18-5-4-8-21(15-18)19-6-2-1-3-7-19/h1-12,15,23H,13-14,16-17H2,(H,28,32). The number of hydrogen-bond acceptors (Lipinski definition) is 3. The molecule has 33 heavy (non-hydrogen) atoms. The summed E-state index contributed by atoms with van der Waals surface area (Å²) in [4.78, 5) is 25.6. The number of nitrogens with one attached hydrogen (secondary N) is 1. The molecule has 1 saturated carbocycles. The van der Waals surface area contributed by atoms with E-state index >= 15 is 0 Å². The van der Waals surface area contributed by atoms with Crippen LogP contribution in [0.25, 0.3) is 22.5 Å². The van der Waals surface area contributed by atoms with Crippen LogP contribution in [0.5, 0.6) is 0 Å². The van der Waals surface area contributed by atoms with Gasteiger partial charge in [-0.05, 0) is 59.9 Å². The molecule has 1 fully saturated rings. The SMILES string of the molecule is O=C(Cn1nc(-c2ccc(Cl)cc2)n(C2CC2)c1=O)NCc1cccc(-c2ccccc2)c1. The molecule has 166 valence electrons. The molecular formula is C26H23ClN4O2. The predicted molar refractivity (Wildman–Crippen MR) is 129 cm³/mol. The molecule has 3 aromatic carbocycles. The van der Waals surface area contributed by atoms with E-state index in [2.05, 4.69) is 28.6 Å². The van der Waals surface area contributed by atoms with Crippen molar-refractivity contribution in [3.8, 4) is 22.5 Å². The smallest absolute Gasteiger partial charge is 0.346 e. The van der Waals surface area contributed by atoms with Gasteiger partial charge in [-0.1, -0.05) is 60.1 Å². The van der Waals surface area contributed by atoms with Gasteiger partial charge in [0.25, 0.3) is 0 Å². The van der Waals surface area contributed by atoms with Crippen LogP contribution >= 0.6 is 11.6 Å². The minimum Gasteiger partial charge on any atom is -0.350 e. The number of nitrogens with zero attached hydrogens (tertiary/aromatic N) is 3. The molecule has 0 radical (unpaired) electrons. The van der Waals surface area contributed by atoms with Crippen molar-refractivity contribution in [1.29, 1.82) is 0 Å². The lowest BCUT2D eigenvalue weighted by Gasteiger charge is -2.07. The van der Waals surface area contributed by atoms with E-state index in [0.29, 0.717) is 17.4 Å². The monoisotopic (exact) mass is 458 g/mol. The fourth-order valence-electron chi connectivity index (χ4n) is 3.86. The van der Waals surface area contributed by atoms with E-state index in [1.165, 1.54) is 4.68 Å². The molecule has 0 atom stereocenters. The zero-order valence-corrected chi connectivity index (χ0v) is 18.7. The Morgan fingerprint density at radius 3 is 2.39 bits per heavy atom. The Hall–Kier alpha value is -3.64. The highest BCUT2D eigenvalue weighted by molar-refractivity contribution is 6.30. The van der Waals surface area contributed by atoms with Gasteiger partial charge in [0.1, 0.15) is 6.54 Å². The summed E-state index contributed by atoms with van der Waals surface area (Å²) in [5, 5.41) is 8.01. The maximum Gasteiger partial charge on any atom is 0.346 e. The Labute approximate surface area is 196 Å². The van der Waals surface area contributed by atoms with Gasteiger partial charge in [0.2, 0.25) is 5.91 Å². The molecule has 1 aliphatic rings. The zero-order valence-electron chi connectivity index (χ0n) is 17.9. The summed E-state index contributed by atoms with van der Waals surface area (Å²) in [7, 11) is 0. The van der Waals surface area contributed by atoms with E-state index in [9.17, 15) is 9.59 Å². The molecule has 0 unspecified atom stereocenters. The number of carbonyl (C=O) groups excluding carboxylic acids is 1. The quantitative estimate of drug-likeness (QED) is 0.437. The number of carbonyl (C=O) groups is 1. The van der Waals surface area contributed by atoms with Crippen LogP contribution in [0.3, 0.4) is 0 Å². The lowest BCUT2D eigenvalue weighted by molar-refractivity contribution is -0.122. The largest absolute Gasteiger partial charge is 0.350 e. The minimum atomic E-state index is -0.260. The minimum absolute atomic E-state index is 0.127. The van der Waals surface area contributed by atoms with E-state index in [-0.39, 0.29) is 24.2 Å². The van der Waals surface area contributed by atoms with Crippen molar-refractivity contribution >= 4 is 17.5 Å². The normalized spacial score (nSPS) is 13.1. The first-order valence-electron chi connectivity index (χ1n) is 10.9. The van der Waals surface area contributed by atoms with Crippen molar-refractivity contribution in [2.45, 2.75) is 32.0 Å². The van der Waals surface area contributed by atoms with Gasteiger partial charge in [-0.15, -0.1) is 5.10 Å². The molecule has 6 nitrogen and oxygen atoms in total. The summed E-state index contributed by atoms with van der Waals surface area (Å²) in [6, 6.07) is 25.5. The van der Waals surface area contributed by atoms with Gasteiger partial charge in [-0.2, -0.15) is 0 Å². The topological polar surface area (TPSA) is 68.9 Å². The number of rotatable bonds is 7. The summed E-state index contributed by atoms with van der Waals surface area (Å²) in [6.45, 7) is 0.249. The number of hydrogen-bond donors (Lipinski definition) is 1. The van der Waals surface area contributed by atoms with Gasteiger partial charge in [-0.25, -0.2) is 9.48 Å². The van der Waals surface area contributed by atoms with Gasteiger partial charge in [0, 0.05) is 23.2 Å².